The normalized spacial score (nSPS) is 13.2. The minimum atomic E-state index is -4.90. The quantitative estimate of drug-likeness (QED) is 0.212. The highest BCUT2D eigenvalue weighted by Crippen LogP contribution is 2.38. The number of sulfonamides is 1. The van der Waals surface area contributed by atoms with Gasteiger partial charge in [0.05, 0.1) is 21.2 Å². The maximum atomic E-state index is 14.1. The van der Waals surface area contributed by atoms with E-state index in [0.29, 0.717) is 27.4 Å². The number of carbonyl (C=O) groups excluding carboxylic acids is 2. The molecule has 14 heteroatoms. The second-order valence-electron chi connectivity index (χ2n) is 9.99. The topological polar surface area (TPSA) is 86.8 Å². The molecule has 0 fully saturated rings. The molecule has 3 aromatic carbocycles. The first-order valence-corrected chi connectivity index (χ1v) is 16.2. The molecule has 0 aliphatic carbocycles. The van der Waals surface area contributed by atoms with Crippen molar-refractivity contribution in [2.45, 2.75) is 63.3 Å². The number of nitrogens with zero attached hydrogens (tertiary/aromatic N) is 2. The van der Waals surface area contributed by atoms with Crippen LogP contribution < -0.4 is 9.62 Å². The van der Waals surface area contributed by atoms with Crippen LogP contribution in [-0.2, 0) is 32.3 Å². The van der Waals surface area contributed by atoms with Crippen LogP contribution in [0.3, 0.4) is 0 Å². The van der Waals surface area contributed by atoms with E-state index in [9.17, 15) is 31.2 Å². The lowest BCUT2D eigenvalue weighted by Crippen LogP contribution is -2.53. The summed E-state index contributed by atoms with van der Waals surface area (Å²) in [5.74, 6) is -1.34. The second kappa shape index (κ2) is 14.9. The fourth-order valence-electron chi connectivity index (χ4n) is 4.33. The first kappa shape index (κ1) is 35.5. The Labute approximate surface area is 269 Å². The number of halogens is 6. The summed E-state index contributed by atoms with van der Waals surface area (Å²) in [6, 6.07) is 12.8. The molecule has 0 heterocycles. The van der Waals surface area contributed by atoms with Gasteiger partial charge in [0.25, 0.3) is 10.0 Å². The SMILES string of the molecule is CC[C@@H](C)NC(=O)[C@@H](CC)N(Cc1ccc(Cl)cc1Cl)C(=O)CN(c1ccc(Cl)c(C(F)(F)F)c1)S(=O)(=O)c1ccccc1. The molecule has 0 spiro atoms. The third-order valence-corrected chi connectivity index (χ3v) is 9.60. The van der Waals surface area contributed by atoms with E-state index in [-0.39, 0.29) is 28.9 Å². The van der Waals surface area contributed by atoms with Crippen molar-refractivity contribution < 1.29 is 31.2 Å². The number of hydrogen-bond donors (Lipinski definition) is 1. The summed E-state index contributed by atoms with van der Waals surface area (Å²) >= 11 is 18.2. The molecule has 1 N–H and O–H groups in total. The highest BCUT2D eigenvalue weighted by atomic mass is 35.5. The van der Waals surface area contributed by atoms with Crippen molar-refractivity contribution in [3.63, 3.8) is 0 Å². The Kier molecular flexibility index (Phi) is 12.0. The minimum absolute atomic E-state index is 0.143. The summed E-state index contributed by atoms with van der Waals surface area (Å²) in [4.78, 5) is 28.4. The average Bonchev–Trinajstić information content (AvgIpc) is 2.96. The predicted octanol–water partition coefficient (Wildman–Crippen LogP) is 7.58. The molecule has 0 aliphatic heterocycles. The summed E-state index contributed by atoms with van der Waals surface area (Å²) in [6.45, 7) is 4.19. The summed E-state index contributed by atoms with van der Waals surface area (Å²) in [7, 11) is -4.59. The van der Waals surface area contributed by atoms with Gasteiger partial charge in [0, 0.05) is 22.6 Å². The molecule has 0 saturated heterocycles. The summed E-state index contributed by atoms with van der Waals surface area (Å²) in [6.07, 6.45) is -4.15. The Morgan fingerprint density at radius 1 is 0.909 bits per heavy atom. The number of carbonyl (C=O) groups is 2. The molecule has 0 radical (unpaired) electrons. The van der Waals surface area contributed by atoms with E-state index < -0.39 is 56.9 Å². The molecular weight excluding hydrogens is 662 g/mol. The minimum Gasteiger partial charge on any atom is -0.352 e. The van der Waals surface area contributed by atoms with Crippen LogP contribution in [-0.4, -0.2) is 43.8 Å². The molecule has 0 saturated carbocycles. The predicted molar refractivity (Wildman–Crippen MR) is 166 cm³/mol. The lowest BCUT2D eigenvalue weighted by atomic mass is 10.1. The van der Waals surface area contributed by atoms with Gasteiger partial charge in [0.15, 0.2) is 0 Å². The van der Waals surface area contributed by atoms with Crippen molar-refractivity contribution in [1.82, 2.24) is 10.2 Å². The van der Waals surface area contributed by atoms with Crippen LogP contribution in [0.15, 0.2) is 71.6 Å². The van der Waals surface area contributed by atoms with E-state index in [1.165, 1.54) is 35.2 Å². The molecular formula is C30H31Cl3F3N3O4S. The van der Waals surface area contributed by atoms with Crippen LogP contribution >= 0.6 is 34.8 Å². The lowest BCUT2D eigenvalue weighted by molar-refractivity contribution is -0.140. The number of rotatable bonds is 12. The van der Waals surface area contributed by atoms with E-state index in [2.05, 4.69) is 5.32 Å². The Hall–Kier alpha value is -2.99. The molecule has 0 aromatic heterocycles. The molecule has 2 amide bonds. The molecule has 3 aromatic rings. The third-order valence-electron chi connectivity index (χ3n) is 6.90. The molecule has 0 bridgehead atoms. The lowest BCUT2D eigenvalue weighted by Gasteiger charge is -2.34. The van der Waals surface area contributed by atoms with Crippen molar-refractivity contribution in [3.8, 4) is 0 Å². The van der Waals surface area contributed by atoms with E-state index >= 15 is 0 Å². The first-order valence-electron chi connectivity index (χ1n) is 13.6. The number of alkyl halides is 3. The van der Waals surface area contributed by atoms with Gasteiger partial charge in [0.1, 0.15) is 12.6 Å². The fraction of sp³-hybridized carbons (Fsp3) is 0.333. The van der Waals surface area contributed by atoms with Gasteiger partial charge in [-0.3, -0.25) is 13.9 Å². The molecule has 2 atom stereocenters. The number of nitrogens with one attached hydrogen (secondary N) is 1. The molecule has 0 unspecified atom stereocenters. The van der Waals surface area contributed by atoms with Gasteiger partial charge < -0.3 is 10.2 Å². The number of anilines is 1. The van der Waals surface area contributed by atoms with Crippen LogP contribution in [0.4, 0.5) is 18.9 Å². The van der Waals surface area contributed by atoms with Crippen LogP contribution in [0, 0.1) is 0 Å². The molecule has 0 aliphatic rings. The van der Waals surface area contributed by atoms with E-state index in [1.54, 1.807) is 32.0 Å². The van der Waals surface area contributed by atoms with E-state index in [4.69, 9.17) is 34.8 Å². The van der Waals surface area contributed by atoms with Crippen molar-refractivity contribution in [2.24, 2.45) is 0 Å². The summed E-state index contributed by atoms with van der Waals surface area (Å²) in [5.41, 5.74) is -1.30. The number of benzene rings is 3. The Bertz CT molecular complexity index is 1590. The molecule has 44 heavy (non-hydrogen) atoms. The van der Waals surface area contributed by atoms with Gasteiger partial charge in [-0.05, 0) is 67.8 Å². The molecule has 7 nitrogen and oxygen atoms in total. The van der Waals surface area contributed by atoms with Crippen molar-refractivity contribution >= 4 is 62.3 Å². The Morgan fingerprint density at radius 2 is 1.57 bits per heavy atom. The molecule has 238 valence electrons. The zero-order valence-electron chi connectivity index (χ0n) is 24.0. The van der Waals surface area contributed by atoms with Crippen molar-refractivity contribution in [3.05, 3.63) is 92.9 Å². The maximum Gasteiger partial charge on any atom is 0.417 e. The van der Waals surface area contributed by atoms with Gasteiger partial charge in [-0.1, -0.05) is 72.9 Å². The fourth-order valence-corrected chi connectivity index (χ4v) is 6.45. The maximum absolute atomic E-state index is 14.1. The standard InChI is InChI=1S/C30H31Cl3F3N3O4S/c1-4-19(3)37-29(41)27(5-2)38(17-20-11-12-21(31)15-26(20)33)28(40)18-39(44(42,43)23-9-7-6-8-10-23)22-13-14-25(32)24(16-22)30(34,35)36/h6-16,19,27H,4-5,17-18H2,1-3H3,(H,37,41)/t19-,27-/m1/s1. The highest BCUT2D eigenvalue weighted by molar-refractivity contribution is 7.92. The molecule has 3 rings (SSSR count). The van der Waals surface area contributed by atoms with Crippen LogP contribution in [0.2, 0.25) is 15.1 Å². The van der Waals surface area contributed by atoms with Gasteiger partial charge in [-0.25, -0.2) is 8.42 Å². The Balaban J connectivity index is 2.16. The smallest absolute Gasteiger partial charge is 0.352 e. The summed E-state index contributed by atoms with van der Waals surface area (Å²) < 4.78 is 69.7. The van der Waals surface area contributed by atoms with Crippen LogP contribution in [0.1, 0.15) is 44.7 Å². The van der Waals surface area contributed by atoms with Crippen molar-refractivity contribution in [2.75, 3.05) is 10.8 Å². The van der Waals surface area contributed by atoms with Crippen LogP contribution in [0.25, 0.3) is 0 Å². The van der Waals surface area contributed by atoms with Gasteiger partial charge in [-0.15, -0.1) is 0 Å². The number of amides is 2. The average molecular weight is 693 g/mol. The largest absolute Gasteiger partial charge is 0.417 e. The van der Waals surface area contributed by atoms with E-state index in [1.807, 2.05) is 6.92 Å². The first-order chi connectivity index (χ1) is 20.6. The third kappa shape index (κ3) is 8.59. The zero-order valence-corrected chi connectivity index (χ0v) is 27.1. The van der Waals surface area contributed by atoms with Crippen molar-refractivity contribution in [1.29, 1.82) is 0 Å². The monoisotopic (exact) mass is 691 g/mol. The van der Waals surface area contributed by atoms with Gasteiger partial charge >= 0.3 is 6.18 Å². The van der Waals surface area contributed by atoms with Crippen LogP contribution in [0.5, 0.6) is 0 Å². The van der Waals surface area contributed by atoms with Gasteiger partial charge in [-0.2, -0.15) is 13.2 Å². The summed E-state index contributed by atoms with van der Waals surface area (Å²) in [5, 5.41) is 2.73. The highest BCUT2D eigenvalue weighted by Gasteiger charge is 2.37. The van der Waals surface area contributed by atoms with E-state index in [0.717, 1.165) is 12.1 Å². The Morgan fingerprint density at radius 3 is 2.14 bits per heavy atom. The zero-order chi connectivity index (χ0) is 32.8. The second-order valence-corrected chi connectivity index (χ2v) is 13.1. The van der Waals surface area contributed by atoms with Gasteiger partial charge in [0.2, 0.25) is 11.8 Å². The number of hydrogen-bond acceptors (Lipinski definition) is 4.